The van der Waals surface area contributed by atoms with Gasteiger partial charge in [-0.25, -0.2) is 4.98 Å². The molecule has 0 bridgehead atoms. The van der Waals surface area contributed by atoms with E-state index in [1.807, 2.05) is 24.3 Å². The zero-order valence-electron chi connectivity index (χ0n) is 11.9. The second-order valence-electron chi connectivity index (χ2n) is 5.25. The molecular weight excluding hydrogens is 320 g/mol. The molecule has 1 aliphatic carbocycles. The van der Waals surface area contributed by atoms with Crippen molar-refractivity contribution in [2.24, 2.45) is 0 Å². The van der Waals surface area contributed by atoms with E-state index in [1.54, 1.807) is 6.20 Å². The van der Waals surface area contributed by atoms with Crippen molar-refractivity contribution in [2.75, 3.05) is 11.1 Å². The van der Waals surface area contributed by atoms with Crippen molar-refractivity contribution in [3.05, 3.63) is 35.5 Å². The van der Waals surface area contributed by atoms with Crippen LogP contribution in [0.2, 0.25) is 5.02 Å². The van der Waals surface area contributed by atoms with Crippen LogP contribution in [0.25, 0.3) is 0 Å². The SMILES string of the molecule is Nc1ncc(Sc2ccc(Cl)cc2)c(N[C@@H]2CCC[C@@H]2O)n1. The van der Waals surface area contributed by atoms with Crippen LogP contribution >= 0.6 is 23.4 Å². The van der Waals surface area contributed by atoms with Gasteiger partial charge in [-0.3, -0.25) is 0 Å². The molecule has 1 fully saturated rings. The Hall–Kier alpha value is -1.50. The third-order valence-corrected chi connectivity index (χ3v) is 4.90. The lowest BCUT2D eigenvalue weighted by Crippen LogP contribution is -2.28. The standard InChI is InChI=1S/C15H17ClN4OS/c16-9-4-6-10(7-5-9)22-13-8-18-15(17)20-14(13)19-11-2-1-3-12(11)21/h4-8,11-12,21H,1-3H2,(H3,17,18,19,20)/t11-,12+/m1/s1. The van der Waals surface area contributed by atoms with Crippen molar-refractivity contribution in [2.45, 2.75) is 41.2 Å². The summed E-state index contributed by atoms with van der Waals surface area (Å²) in [7, 11) is 0. The summed E-state index contributed by atoms with van der Waals surface area (Å²) in [6.07, 6.45) is 4.11. The summed E-state index contributed by atoms with van der Waals surface area (Å²) in [4.78, 5) is 10.3. The Balaban J connectivity index is 1.82. The number of halogens is 1. The Bertz CT molecular complexity index is 652. The van der Waals surface area contributed by atoms with Gasteiger partial charge in [-0.2, -0.15) is 4.98 Å². The highest BCUT2D eigenvalue weighted by atomic mass is 35.5. The van der Waals surface area contributed by atoms with Crippen LogP contribution in [0.4, 0.5) is 11.8 Å². The number of nitrogens with zero attached hydrogens (tertiary/aromatic N) is 2. The second kappa shape index (κ2) is 6.73. The van der Waals surface area contributed by atoms with E-state index in [2.05, 4.69) is 15.3 Å². The minimum Gasteiger partial charge on any atom is -0.391 e. The van der Waals surface area contributed by atoms with Crippen LogP contribution < -0.4 is 11.1 Å². The smallest absolute Gasteiger partial charge is 0.221 e. The first kappa shape index (κ1) is 15.4. The topological polar surface area (TPSA) is 84.1 Å². The van der Waals surface area contributed by atoms with Gasteiger partial charge >= 0.3 is 0 Å². The highest BCUT2D eigenvalue weighted by Crippen LogP contribution is 2.34. The first-order valence-corrected chi connectivity index (χ1v) is 8.32. The predicted molar refractivity (Wildman–Crippen MR) is 89.3 cm³/mol. The maximum Gasteiger partial charge on any atom is 0.221 e. The van der Waals surface area contributed by atoms with Crippen molar-refractivity contribution >= 4 is 35.1 Å². The van der Waals surface area contributed by atoms with Crippen LogP contribution in [-0.4, -0.2) is 27.2 Å². The third kappa shape index (κ3) is 3.63. The number of aliphatic hydroxyl groups excluding tert-OH is 1. The van der Waals surface area contributed by atoms with E-state index in [1.165, 1.54) is 11.8 Å². The fourth-order valence-corrected chi connectivity index (χ4v) is 3.44. The van der Waals surface area contributed by atoms with Gasteiger partial charge in [-0.15, -0.1) is 0 Å². The summed E-state index contributed by atoms with van der Waals surface area (Å²) in [5, 5.41) is 14.0. The van der Waals surface area contributed by atoms with Gasteiger partial charge in [-0.05, 0) is 43.5 Å². The molecule has 2 aromatic rings. The molecule has 22 heavy (non-hydrogen) atoms. The Labute approximate surface area is 138 Å². The number of aromatic nitrogens is 2. The Morgan fingerprint density at radius 1 is 1.27 bits per heavy atom. The molecule has 0 radical (unpaired) electrons. The average molecular weight is 337 g/mol. The van der Waals surface area contributed by atoms with E-state index in [-0.39, 0.29) is 18.1 Å². The molecule has 5 nitrogen and oxygen atoms in total. The molecule has 0 spiro atoms. The van der Waals surface area contributed by atoms with Crippen molar-refractivity contribution in [3.8, 4) is 0 Å². The van der Waals surface area contributed by atoms with Gasteiger partial charge in [0, 0.05) is 16.1 Å². The van der Waals surface area contributed by atoms with Gasteiger partial charge in [-0.1, -0.05) is 23.4 Å². The van der Waals surface area contributed by atoms with Crippen LogP contribution in [0.5, 0.6) is 0 Å². The van der Waals surface area contributed by atoms with Crippen molar-refractivity contribution in [1.29, 1.82) is 0 Å². The molecule has 1 aromatic carbocycles. The molecule has 1 aromatic heterocycles. The lowest BCUT2D eigenvalue weighted by Gasteiger charge is -2.19. The number of hydrogen-bond donors (Lipinski definition) is 3. The normalized spacial score (nSPS) is 21.0. The van der Waals surface area contributed by atoms with E-state index >= 15 is 0 Å². The first-order chi connectivity index (χ1) is 10.6. The summed E-state index contributed by atoms with van der Waals surface area (Å²) in [6.45, 7) is 0. The number of hydrogen-bond acceptors (Lipinski definition) is 6. The summed E-state index contributed by atoms with van der Waals surface area (Å²) in [5.41, 5.74) is 5.70. The minimum absolute atomic E-state index is 0.0128. The zero-order chi connectivity index (χ0) is 15.5. The van der Waals surface area contributed by atoms with Crippen LogP contribution in [0.3, 0.4) is 0 Å². The van der Waals surface area contributed by atoms with Gasteiger partial charge in [0.05, 0.1) is 17.0 Å². The molecule has 1 saturated carbocycles. The van der Waals surface area contributed by atoms with Crippen LogP contribution in [0.1, 0.15) is 19.3 Å². The summed E-state index contributed by atoms with van der Waals surface area (Å²) in [5.74, 6) is 0.883. The van der Waals surface area contributed by atoms with Crippen molar-refractivity contribution < 1.29 is 5.11 Å². The summed E-state index contributed by atoms with van der Waals surface area (Å²) < 4.78 is 0. The molecule has 1 heterocycles. The molecule has 2 atom stereocenters. The highest BCUT2D eigenvalue weighted by molar-refractivity contribution is 7.99. The Morgan fingerprint density at radius 3 is 2.73 bits per heavy atom. The van der Waals surface area contributed by atoms with E-state index in [0.717, 1.165) is 29.1 Å². The Morgan fingerprint density at radius 2 is 2.05 bits per heavy atom. The van der Waals surface area contributed by atoms with Gasteiger partial charge in [0.15, 0.2) is 0 Å². The van der Waals surface area contributed by atoms with E-state index < -0.39 is 0 Å². The second-order valence-corrected chi connectivity index (χ2v) is 6.80. The Kier molecular flexibility index (Phi) is 4.71. The molecular formula is C15H17ClN4OS. The monoisotopic (exact) mass is 336 g/mol. The van der Waals surface area contributed by atoms with Crippen molar-refractivity contribution in [1.82, 2.24) is 9.97 Å². The third-order valence-electron chi connectivity index (χ3n) is 3.62. The molecule has 0 amide bonds. The molecule has 0 unspecified atom stereocenters. The number of rotatable bonds is 4. The van der Waals surface area contributed by atoms with Gasteiger partial charge < -0.3 is 16.2 Å². The lowest BCUT2D eigenvalue weighted by molar-refractivity contribution is 0.171. The zero-order valence-corrected chi connectivity index (χ0v) is 13.4. The summed E-state index contributed by atoms with van der Waals surface area (Å²) >= 11 is 7.44. The maximum atomic E-state index is 9.97. The largest absolute Gasteiger partial charge is 0.391 e. The lowest BCUT2D eigenvalue weighted by atomic mass is 10.2. The number of nitrogens with two attached hydrogens (primary N) is 1. The molecule has 4 N–H and O–H groups in total. The van der Waals surface area contributed by atoms with E-state index in [9.17, 15) is 5.11 Å². The molecule has 116 valence electrons. The number of benzene rings is 1. The van der Waals surface area contributed by atoms with Crippen LogP contribution in [0, 0.1) is 0 Å². The number of nitrogens with one attached hydrogen (secondary N) is 1. The molecule has 3 rings (SSSR count). The van der Waals surface area contributed by atoms with Gasteiger partial charge in [0.25, 0.3) is 0 Å². The van der Waals surface area contributed by atoms with Crippen LogP contribution in [0.15, 0.2) is 40.3 Å². The predicted octanol–water partition coefficient (Wildman–Crippen LogP) is 3.19. The minimum atomic E-state index is -0.343. The molecule has 0 aliphatic heterocycles. The highest BCUT2D eigenvalue weighted by Gasteiger charge is 2.26. The van der Waals surface area contributed by atoms with Gasteiger partial charge in [0.2, 0.25) is 5.95 Å². The fraction of sp³-hybridized carbons (Fsp3) is 0.333. The number of anilines is 2. The molecule has 1 aliphatic rings. The molecule has 7 heteroatoms. The average Bonchev–Trinajstić information content (AvgIpc) is 2.89. The van der Waals surface area contributed by atoms with Crippen LogP contribution in [-0.2, 0) is 0 Å². The van der Waals surface area contributed by atoms with Gasteiger partial charge in [0.1, 0.15) is 5.82 Å². The maximum absolute atomic E-state index is 9.97. The molecule has 0 saturated heterocycles. The van der Waals surface area contributed by atoms with E-state index in [0.29, 0.717) is 10.8 Å². The summed E-state index contributed by atoms with van der Waals surface area (Å²) in [6, 6.07) is 7.58. The quantitative estimate of drug-likeness (QED) is 0.795. The fourth-order valence-electron chi connectivity index (χ4n) is 2.48. The number of aliphatic hydroxyl groups is 1. The van der Waals surface area contributed by atoms with E-state index in [4.69, 9.17) is 17.3 Å². The first-order valence-electron chi connectivity index (χ1n) is 7.12. The number of nitrogen functional groups attached to an aromatic ring is 1. The van der Waals surface area contributed by atoms with Crippen molar-refractivity contribution in [3.63, 3.8) is 0 Å².